The van der Waals surface area contributed by atoms with E-state index in [2.05, 4.69) is 31.7 Å². The molecule has 4 heterocycles. The van der Waals surface area contributed by atoms with Crippen molar-refractivity contribution in [2.45, 2.75) is 63.4 Å². The van der Waals surface area contributed by atoms with Crippen LogP contribution in [0.2, 0.25) is 0 Å². The number of rotatable bonds is 5. The first-order valence-corrected chi connectivity index (χ1v) is 12.8. The highest BCUT2D eigenvalue weighted by atomic mass is 32.2. The summed E-state index contributed by atoms with van der Waals surface area (Å²) in [5.74, 6) is 2.62. The number of pyridine rings is 1. The standard InChI is InChI=1S/C23H26N6OS2/c1-13-7-4-5-9-17(13)29-20(16-8-6-10-24-11-16)27-28-23(29)31-12-18-25-21(30)19-14(2)15(3)32-22(19)26-18/h6,8,10-11,13,17H,4-5,7,9,12H2,1-3H3,(H,25,26,30)/t13-,17+/m0/s1. The van der Waals surface area contributed by atoms with Gasteiger partial charge in [0.2, 0.25) is 0 Å². The second-order valence-corrected chi connectivity index (χ2v) is 10.7. The monoisotopic (exact) mass is 466 g/mol. The summed E-state index contributed by atoms with van der Waals surface area (Å²) in [4.78, 5) is 26.6. The highest BCUT2D eigenvalue weighted by Crippen LogP contribution is 2.39. The van der Waals surface area contributed by atoms with Gasteiger partial charge in [0.25, 0.3) is 5.56 Å². The minimum atomic E-state index is -0.0640. The van der Waals surface area contributed by atoms with Crippen molar-refractivity contribution >= 4 is 33.3 Å². The van der Waals surface area contributed by atoms with E-state index >= 15 is 0 Å². The van der Waals surface area contributed by atoms with E-state index in [1.165, 1.54) is 19.3 Å². The molecule has 0 amide bonds. The lowest BCUT2D eigenvalue weighted by molar-refractivity contribution is 0.247. The van der Waals surface area contributed by atoms with Crippen LogP contribution in [0.1, 0.15) is 54.9 Å². The van der Waals surface area contributed by atoms with Crippen LogP contribution in [0.15, 0.2) is 34.5 Å². The molecule has 1 saturated carbocycles. The zero-order chi connectivity index (χ0) is 22.2. The van der Waals surface area contributed by atoms with Crippen LogP contribution in [0.5, 0.6) is 0 Å². The summed E-state index contributed by atoms with van der Waals surface area (Å²) < 4.78 is 2.29. The molecule has 9 heteroatoms. The van der Waals surface area contributed by atoms with Gasteiger partial charge in [0, 0.05) is 28.9 Å². The Kier molecular flexibility index (Phi) is 5.86. The van der Waals surface area contributed by atoms with Crippen LogP contribution in [-0.2, 0) is 5.75 Å². The average molecular weight is 467 g/mol. The summed E-state index contributed by atoms with van der Waals surface area (Å²) in [6.07, 6.45) is 8.44. The molecule has 7 nitrogen and oxygen atoms in total. The Morgan fingerprint density at radius 3 is 2.88 bits per heavy atom. The Morgan fingerprint density at radius 2 is 2.09 bits per heavy atom. The maximum Gasteiger partial charge on any atom is 0.259 e. The number of nitrogens with zero attached hydrogens (tertiary/aromatic N) is 5. The molecule has 0 saturated heterocycles. The molecule has 2 atom stereocenters. The zero-order valence-corrected chi connectivity index (χ0v) is 20.1. The second kappa shape index (κ2) is 8.78. The molecule has 0 aromatic carbocycles. The quantitative estimate of drug-likeness (QED) is 0.402. The lowest BCUT2D eigenvalue weighted by atomic mass is 9.85. The van der Waals surface area contributed by atoms with Gasteiger partial charge in [-0.1, -0.05) is 31.5 Å². The van der Waals surface area contributed by atoms with E-state index in [0.717, 1.165) is 38.2 Å². The van der Waals surface area contributed by atoms with E-state index in [1.807, 2.05) is 32.2 Å². The third-order valence-electron chi connectivity index (χ3n) is 6.41. The largest absolute Gasteiger partial charge is 0.309 e. The first-order chi connectivity index (χ1) is 15.5. The molecule has 0 bridgehead atoms. The summed E-state index contributed by atoms with van der Waals surface area (Å²) >= 11 is 3.16. The summed E-state index contributed by atoms with van der Waals surface area (Å²) in [5.41, 5.74) is 1.93. The van der Waals surface area contributed by atoms with Gasteiger partial charge in [0.15, 0.2) is 11.0 Å². The molecular weight excluding hydrogens is 440 g/mol. The molecule has 4 aromatic rings. The van der Waals surface area contributed by atoms with Crippen molar-refractivity contribution in [3.8, 4) is 11.4 Å². The number of fused-ring (bicyclic) bond motifs is 1. The van der Waals surface area contributed by atoms with Gasteiger partial charge in [-0.25, -0.2) is 4.98 Å². The predicted octanol–water partition coefficient (Wildman–Crippen LogP) is 5.30. The Balaban J connectivity index is 1.49. The number of nitrogens with one attached hydrogen (secondary N) is 1. The molecular formula is C23H26N6OS2. The highest BCUT2D eigenvalue weighted by Gasteiger charge is 2.29. The van der Waals surface area contributed by atoms with Crippen LogP contribution in [-0.4, -0.2) is 29.7 Å². The Morgan fingerprint density at radius 1 is 1.25 bits per heavy atom. The smallest absolute Gasteiger partial charge is 0.259 e. The molecule has 0 radical (unpaired) electrons. The molecule has 1 fully saturated rings. The summed E-state index contributed by atoms with van der Waals surface area (Å²) in [7, 11) is 0. The van der Waals surface area contributed by atoms with Crippen molar-refractivity contribution in [1.82, 2.24) is 29.7 Å². The molecule has 1 aliphatic rings. The fourth-order valence-corrected chi connectivity index (χ4v) is 6.46. The lowest BCUT2D eigenvalue weighted by Gasteiger charge is -2.31. The van der Waals surface area contributed by atoms with Crippen molar-refractivity contribution in [3.63, 3.8) is 0 Å². The fraction of sp³-hybridized carbons (Fsp3) is 0.435. The maximum atomic E-state index is 12.7. The van der Waals surface area contributed by atoms with Crippen LogP contribution < -0.4 is 5.56 Å². The SMILES string of the molecule is Cc1sc2nc(CSc3nnc(-c4cccnc4)n3[C@@H]3CCCC[C@@H]3C)[nH]c(=O)c2c1C. The lowest BCUT2D eigenvalue weighted by Crippen LogP contribution is -2.22. The number of H-pyrrole nitrogens is 1. The number of thioether (sulfide) groups is 1. The topological polar surface area (TPSA) is 89.3 Å². The molecule has 1 aliphatic carbocycles. The number of aryl methyl sites for hydroxylation is 2. The van der Waals surface area contributed by atoms with Crippen LogP contribution >= 0.6 is 23.1 Å². The van der Waals surface area contributed by atoms with E-state index < -0.39 is 0 Å². The van der Waals surface area contributed by atoms with Crippen molar-refractivity contribution < 1.29 is 0 Å². The minimum absolute atomic E-state index is 0.0640. The molecule has 0 aliphatic heterocycles. The van der Waals surface area contributed by atoms with Gasteiger partial charge in [-0.2, -0.15) is 0 Å². The van der Waals surface area contributed by atoms with Gasteiger partial charge in [0.05, 0.1) is 11.1 Å². The maximum absolute atomic E-state index is 12.7. The van der Waals surface area contributed by atoms with Crippen LogP contribution in [0, 0.1) is 19.8 Å². The molecule has 5 rings (SSSR count). The van der Waals surface area contributed by atoms with Crippen LogP contribution in [0.4, 0.5) is 0 Å². The Labute approximate surface area is 194 Å². The van der Waals surface area contributed by atoms with Crippen LogP contribution in [0.3, 0.4) is 0 Å². The number of hydrogen-bond donors (Lipinski definition) is 1. The van der Waals surface area contributed by atoms with E-state index in [-0.39, 0.29) is 5.56 Å². The fourth-order valence-electron chi connectivity index (χ4n) is 4.55. The van der Waals surface area contributed by atoms with Gasteiger partial charge >= 0.3 is 0 Å². The molecule has 32 heavy (non-hydrogen) atoms. The predicted molar refractivity (Wildman–Crippen MR) is 129 cm³/mol. The molecule has 0 spiro atoms. The first-order valence-electron chi connectivity index (χ1n) is 11.0. The van der Waals surface area contributed by atoms with E-state index in [0.29, 0.717) is 28.9 Å². The van der Waals surface area contributed by atoms with Crippen LogP contribution in [0.25, 0.3) is 21.6 Å². The van der Waals surface area contributed by atoms with Crippen molar-refractivity contribution in [3.05, 3.63) is 51.1 Å². The third-order valence-corrected chi connectivity index (χ3v) is 8.46. The highest BCUT2D eigenvalue weighted by molar-refractivity contribution is 7.98. The number of hydrogen-bond acceptors (Lipinski definition) is 7. The van der Waals surface area contributed by atoms with Gasteiger partial charge in [-0.3, -0.25) is 14.3 Å². The summed E-state index contributed by atoms with van der Waals surface area (Å²) in [6, 6.07) is 4.32. The number of aromatic amines is 1. The first kappa shape index (κ1) is 21.3. The molecule has 166 valence electrons. The average Bonchev–Trinajstić information content (AvgIpc) is 3.34. The Bertz CT molecular complexity index is 1310. The molecule has 0 unspecified atom stereocenters. The third kappa shape index (κ3) is 3.88. The van der Waals surface area contributed by atoms with E-state index in [9.17, 15) is 4.79 Å². The zero-order valence-electron chi connectivity index (χ0n) is 18.5. The second-order valence-electron chi connectivity index (χ2n) is 8.51. The van der Waals surface area contributed by atoms with Crippen molar-refractivity contribution in [2.24, 2.45) is 5.92 Å². The molecule has 4 aromatic heterocycles. The normalized spacial score (nSPS) is 19.0. The number of thiophene rings is 1. The van der Waals surface area contributed by atoms with Gasteiger partial charge in [-0.05, 0) is 50.3 Å². The number of aromatic nitrogens is 6. The molecule has 1 N–H and O–H groups in total. The van der Waals surface area contributed by atoms with Crippen molar-refractivity contribution in [2.75, 3.05) is 0 Å². The summed E-state index contributed by atoms with van der Waals surface area (Å²) in [6.45, 7) is 6.33. The Hall–Kier alpha value is -2.52. The minimum Gasteiger partial charge on any atom is -0.309 e. The van der Waals surface area contributed by atoms with Gasteiger partial charge in [0.1, 0.15) is 10.7 Å². The van der Waals surface area contributed by atoms with Crippen molar-refractivity contribution in [1.29, 1.82) is 0 Å². The summed E-state index contributed by atoms with van der Waals surface area (Å²) in [5, 5.41) is 10.7. The van der Waals surface area contributed by atoms with Gasteiger partial charge < -0.3 is 4.98 Å². The van der Waals surface area contributed by atoms with Gasteiger partial charge in [-0.15, -0.1) is 21.5 Å². The van der Waals surface area contributed by atoms with E-state index in [4.69, 9.17) is 4.98 Å². The van der Waals surface area contributed by atoms with E-state index in [1.54, 1.807) is 29.3 Å².